The number of rotatable bonds is 3. The quantitative estimate of drug-likeness (QED) is 0.353. The van der Waals surface area contributed by atoms with Crippen LogP contribution in [-0.4, -0.2) is 9.36 Å². The van der Waals surface area contributed by atoms with Gasteiger partial charge in [0.2, 0.25) is 0 Å². The average molecular weight is 505 g/mol. The van der Waals surface area contributed by atoms with Crippen molar-refractivity contribution in [2.24, 2.45) is 0 Å². The molecular formula is C9H21I2Sb. The Labute approximate surface area is 97.8 Å². The van der Waals surface area contributed by atoms with Crippen molar-refractivity contribution >= 4 is 46.4 Å². The molecule has 0 saturated carbocycles. The van der Waals surface area contributed by atoms with Crippen molar-refractivity contribution in [2.45, 2.75) is 53.1 Å². The van der Waals surface area contributed by atoms with Crippen molar-refractivity contribution < 1.29 is 0 Å². The van der Waals surface area contributed by atoms with Crippen LogP contribution in [0.4, 0.5) is 0 Å². The van der Waals surface area contributed by atoms with Gasteiger partial charge in [-0.05, 0) is 0 Å². The Kier molecular flexibility index (Phi) is 5.26. The van der Waals surface area contributed by atoms with Gasteiger partial charge in [-0.3, -0.25) is 0 Å². The van der Waals surface area contributed by atoms with Crippen molar-refractivity contribution in [3.05, 3.63) is 0 Å². The van der Waals surface area contributed by atoms with E-state index in [1.807, 2.05) is 0 Å². The molecule has 0 aromatic rings. The Morgan fingerprint density at radius 1 is 0.667 bits per heavy atom. The van der Waals surface area contributed by atoms with Gasteiger partial charge in [0.1, 0.15) is 0 Å². The molecule has 0 aliphatic heterocycles. The molecule has 12 heavy (non-hydrogen) atoms. The molecule has 0 bridgehead atoms. The molecule has 0 N–H and O–H groups in total. The summed E-state index contributed by atoms with van der Waals surface area (Å²) >= 11 is 5.73. The first kappa shape index (κ1) is 14.3. The number of hydrogen-bond donors (Lipinski definition) is 0. The number of halogens is 2. The molecule has 0 aliphatic carbocycles. The van der Waals surface area contributed by atoms with Crippen molar-refractivity contribution in [3.63, 3.8) is 0 Å². The minimum atomic E-state index is -2.34. The van der Waals surface area contributed by atoms with Crippen molar-refractivity contribution in [3.8, 4) is 0 Å². The summed E-state index contributed by atoms with van der Waals surface area (Å²) in [4.78, 5) is 0. The summed E-state index contributed by atoms with van der Waals surface area (Å²) in [5, 5.41) is 0. The van der Waals surface area contributed by atoms with Gasteiger partial charge in [0, 0.05) is 0 Å². The van der Waals surface area contributed by atoms with E-state index < -0.39 is 9.36 Å². The molecule has 0 nitrogen and oxygen atoms in total. The Balaban J connectivity index is 5.09. The summed E-state index contributed by atoms with van der Waals surface area (Å²) in [7, 11) is -2.34. The Bertz CT molecular complexity index is 133. The first-order chi connectivity index (χ1) is 5.13. The average Bonchev–Trinajstić information content (AvgIpc) is 1.86. The van der Waals surface area contributed by atoms with Gasteiger partial charge < -0.3 is 0 Å². The van der Waals surface area contributed by atoms with E-state index in [0.717, 1.165) is 11.6 Å². The van der Waals surface area contributed by atoms with Gasteiger partial charge >= 0.3 is 99.5 Å². The van der Waals surface area contributed by atoms with Crippen molar-refractivity contribution in [1.29, 1.82) is 0 Å². The maximum absolute atomic E-state index is 2.87. The number of hydrogen-bond acceptors (Lipinski definition) is 0. The molecule has 0 heterocycles. The molecule has 0 aromatic carbocycles. The third kappa shape index (κ3) is 2.26. The molecule has 0 radical (unpaired) electrons. The van der Waals surface area contributed by atoms with Crippen LogP contribution < -0.4 is 0 Å². The van der Waals surface area contributed by atoms with E-state index in [1.165, 1.54) is 0 Å². The standard InChI is InChI=1S/3C3H7.2HI.Sb/c3*1-3-2;;;/h3*3H,1-2H3;2*1H;/q;;;;;+2/p-2. The fourth-order valence-corrected chi connectivity index (χ4v) is 12.0. The zero-order chi connectivity index (χ0) is 10.2. The van der Waals surface area contributed by atoms with Gasteiger partial charge in [0.15, 0.2) is 0 Å². The minimum absolute atomic E-state index is 0.902. The van der Waals surface area contributed by atoms with Crippen LogP contribution in [0.1, 0.15) is 41.5 Å². The SMILES string of the molecule is C[CH](C)[Sb]([I])([I])([CH](C)C)[CH](C)C. The molecule has 76 valence electrons. The Morgan fingerprint density at radius 3 is 0.833 bits per heavy atom. The summed E-state index contributed by atoms with van der Waals surface area (Å²) in [5.74, 6) is 0. The zero-order valence-corrected chi connectivity index (χ0v) is 15.8. The molecule has 3 heteroatoms. The molecule has 0 aromatic heterocycles. The van der Waals surface area contributed by atoms with Gasteiger partial charge in [-0.25, -0.2) is 0 Å². The molecular weight excluding hydrogens is 484 g/mol. The maximum atomic E-state index is 2.87. The van der Waals surface area contributed by atoms with Crippen LogP contribution in [0.25, 0.3) is 0 Å². The molecule has 0 spiro atoms. The Hall–Kier alpha value is 2.28. The summed E-state index contributed by atoms with van der Waals surface area (Å²) in [6.07, 6.45) is 0. The van der Waals surface area contributed by atoms with Gasteiger partial charge in [-0.2, -0.15) is 0 Å². The van der Waals surface area contributed by atoms with E-state index in [4.69, 9.17) is 0 Å². The predicted molar refractivity (Wildman–Crippen MR) is 79.1 cm³/mol. The molecule has 0 saturated heterocycles. The summed E-state index contributed by atoms with van der Waals surface area (Å²) in [5.41, 5.74) is 0. The van der Waals surface area contributed by atoms with Crippen LogP contribution in [0.2, 0.25) is 11.6 Å². The topological polar surface area (TPSA) is 0 Å². The third-order valence-corrected chi connectivity index (χ3v) is 64.7. The second-order valence-corrected chi connectivity index (χ2v) is 60.8. The van der Waals surface area contributed by atoms with E-state index in [0.29, 0.717) is 0 Å². The van der Waals surface area contributed by atoms with Crippen LogP contribution in [0, 0.1) is 0 Å². The van der Waals surface area contributed by atoms with Crippen LogP contribution in [-0.2, 0) is 0 Å². The Morgan fingerprint density at radius 2 is 0.833 bits per heavy atom. The first-order valence-electron chi connectivity index (χ1n) is 4.58. The predicted octanol–water partition coefficient (Wildman–Crippen LogP) is 5.48. The molecule has 0 amide bonds. The summed E-state index contributed by atoms with van der Waals surface area (Å²) < 4.78 is 2.71. The molecule has 0 unspecified atom stereocenters. The van der Waals surface area contributed by atoms with Crippen LogP contribution in [0.15, 0.2) is 0 Å². The van der Waals surface area contributed by atoms with Crippen LogP contribution in [0.5, 0.6) is 0 Å². The fraction of sp³-hybridized carbons (Fsp3) is 1.00. The van der Waals surface area contributed by atoms with Gasteiger partial charge in [-0.1, -0.05) is 0 Å². The van der Waals surface area contributed by atoms with Crippen LogP contribution in [0.3, 0.4) is 0 Å². The second kappa shape index (κ2) is 4.42. The van der Waals surface area contributed by atoms with E-state index in [9.17, 15) is 0 Å². The third-order valence-electron chi connectivity index (χ3n) is 2.96. The molecule has 0 atom stereocenters. The normalized spacial score (nSPS) is 17.1. The van der Waals surface area contributed by atoms with E-state index in [-0.39, 0.29) is 0 Å². The molecule has 0 aliphatic rings. The second-order valence-electron chi connectivity index (χ2n) is 4.38. The molecule has 0 fully saturated rings. The van der Waals surface area contributed by atoms with E-state index >= 15 is 0 Å². The van der Waals surface area contributed by atoms with Crippen molar-refractivity contribution in [2.75, 3.05) is 0 Å². The monoisotopic (exact) mass is 504 g/mol. The first-order valence-corrected chi connectivity index (χ1v) is 23.9. The van der Waals surface area contributed by atoms with Gasteiger partial charge in [-0.15, -0.1) is 0 Å². The van der Waals surface area contributed by atoms with Gasteiger partial charge in [0.05, 0.1) is 0 Å². The van der Waals surface area contributed by atoms with E-state index in [1.54, 1.807) is 0 Å². The van der Waals surface area contributed by atoms with E-state index in [2.05, 4.69) is 78.5 Å². The summed E-state index contributed by atoms with van der Waals surface area (Å²) in [6, 6.07) is 0. The molecule has 0 rings (SSSR count). The fourth-order valence-electron chi connectivity index (χ4n) is 1.79. The van der Waals surface area contributed by atoms with Crippen molar-refractivity contribution in [1.82, 2.24) is 0 Å². The van der Waals surface area contributed by atoms with Gasteiger partial charge in [0.25, 0.3) is 0 Å². The summed E-state index contributed by atoms with van der Waals surface area (Å²) in [6.45, 7) is 14.5. The van der Waals surface area contributed by atoms with Crippen LogP contribution >= 0.6 is 37.0 Å². The zero-order valence-electron chi connectivity index (χ0n) is 8.94.